The zero-order valence-electron chi connectivity index (χ0n) is 5.97. The fourth-order valence-electron chi connectivity index (χ4n) is 1.22. The monoisotopic (exact) mass is 126 g/mol. The predicted octanol–water partition coefficient (Wildman–Crippen LogP) is 1.84. The highest BCUT2D eigenvalue weighted by Crippen LogP contribution is 2.22. The molecule has 0 N–H and O–H groups in total. The highest BCUT2D eigenvalue weighted by Gasteiger charge is 2.22. The smallest absolute Gasteiger partial charge is 0.0500 e. The van der Waals surface area contributed by atoms with Crippen LogP contribution >= 0.6 is 0 Å². The molecule has 1 nitrogen and oxygen atoms in total. The van der Waals surface area contributed by atoms with Gasteiger partial charge in [0, 0.05) is 6.61 Å². The quantitative estimate of drug-likeness (QED) is 0.513. The Morgan fingerprint density at radius 3 is 2.89 bits per heavy atom. The van der Waals surface area contributed by atoms with Gasteiger partial charge in [-0.2, -0.15) is 0 Å². The number of allylic oxidation sites excluding steroid dienone is 1. The maximum atomic E-state index is 5.27. The lowest BCUT2D eigenvalue weighted by Crippen LogP contribution is -2.06. The minimum atomic E-state index is 0.738. The fourth-order valence-corrected chi connectivity index (χ4v) is 1.22. The van der Waals surface area contributed by atoms with E-state index in [1.807, 2.05) is 6.08 Å². The Bertz CT molecular complexity index is 98.7. The molecule has 1 aliphatic rings. The lowest BCUT2D eigenvalue weighted by Gasteiger charge is -2.08. The van der Waals surface area contributed by atoms with E-state index < -0.39 is 0 Å². The van der Waals surface area contributed by atoms with Crippen LogP contribution in [0.15, 0.2) is 12.7 Å². The summed E-state index contributed by atoms with van der Waals surface area (Å²) in [6.07, 6.45) is 3.09. The van der Waals surface area contributed by atoms with Crippen LogP contribution in [0.25, 0.3) is 0 Å². The fraction of sp³-hybridized carbons (Fsp3) is 0.750. The first kappa shape index (κ1) is 6.81. The van der Waals surface area contributed by atoms with Gasteiger partial charge in [0.2, 0.25) is 0 Å². The first-order valence-electron chi connectivity index (χ1n) is 3.53. The van der Waals surface area contributed by atoms with E-state index in [1.165, 1.54) is 0 Å². The van der Waals surface area contributed by atoms with Crippen LogP contribution in [0.1, 0.15) is 13.3 Å². The van der Waals surface area contributed by atoms with Crippen molar-refractivity contribution in [1.82, 2.24) is 0 Å². The molecule has 1 aliphatic heterocycles. The van der Waals surface area contributed by atoms with Gasteiger partial charge in [0.15, 0.2) is 0 Å². The zero-order valence-corrected chi connectivity index (χ0v) is 5.97. The Balaban J connectivity index is 2.30. The van der Waals surface area contributed by atoms with Crippen molar-refractivity contribution in [1.29, 1.82) is 0 Å². The van der Waals surface area contributed by atoms with Crippen molar-refractivity contribution >= 4 is 0 Å². The van der Waals surface area contributed by atoms with Crippen molar-refractivity contribution in [2.45, 2.75) is 13.3 Å². The molecule has 0 bridgehead atoms. The summed E-state index contributed by atoms with van der Waals surface area (Å²) in [6, 6.07) is 0. The van der Waals surface area contributed by atoms with Crippen molar-refractivity contribution in [2.24, 2.45) is 11.8 Å². The molecule has 1 heteroatoms. The van der Waals surface area contributed by atoms with Gasteiger partial charge in [0.05, 0.1) is 6.61 Å². The van der Waals surface area contributed by atoms with Crippen LogP contribution in [-0.4, -0.2) is 13.2 Å². The van der Waals surface area contributed by atoms with Crippen molar-refractivity contribution < 1.29 is 4.74 Å². The maximum Gasteiger partial charge on any atom is 0.0500 e. The number of rotatable bonds is 2. The number of hydrogen-bond acceptors (Lipinski definition) is 1. The van der Waals surface area contributed by atoms with E-state index in [4.69, 9.17) is 4.74 Å². The second-order valence-corrected chi connectivity index (χ2v) is 2.80. The van der Waals surface area contributed by atoms with Gasteiger partial charge in [-0.3, -0.25) is 0 Å². The van der Waals surface area contributed by atoms with Crippen LogP contribution < -0.4 is 0 Å². The molecular weight excluding hydrogens is 112 g/mol. The minimum absolute atomic E-state index is 0.738. The van der Waals surface area contributed by atoms with Crippen molar-refractivity contribution in [2.75, 3.05) is 13.2 Å². The molecule has 0 radical (unpaired) electrons. The molecule has 1 rings (SSSR count). The van der Waals surface area contributed by atoms with Crippen LogP contribution in [0.4, 0.5) is 0 Å². The van der Waals surface area contributed by atoms with E-state index in [9.17, 15) is 0 Å². The third-order valence-electron chi connectivity index (χ3n) is 1.99. The third kappa shape index (κ3) is 1.55. The summed E-state index contributed by atoms with van der Waals surface area (Å²) in [5.74, 6) is 1.48. The molecule has 52 valence electrons. The van der Waals surface area contributed by atoms with E-state index in [0.29, 0.717) is 0 Å². The average Bonchev–Trinajstić information content (AvgIpc) is 2.18. The summed E-state index contributed by atoms with van der Waals surface area (Å²) >= 11 is 0. The molecule has 9 heavy (non-hydrogen) atoms. The van der Waals surface area contributed by atoms with Crippen LogP contribution in [0.3, 0.4) is 0 Å². The van der Waals surface area contributed by atoms with E-state index in [-0.39, 0.29) is 0 Å². The van der Waals surface area contributed by atoms with Gasteiger partial charge in [-0.1, -0.05) is 13.0 Å². The normalized spacial score (nSPS) is 34.8. The molecule has 0 aliphatic carbocycles. The largest absolute Gasteiger partial charge is 0.381 e. The highest BCUT2D eigenvalue weighted by atomic mass is 16.5. The summed E-state index contributed by atoms with van der Waals surface area (Å²) in [4.78, 5) is 0. The Kier molecular flexibility index (Phi) is 2.29. The van der Waals surface area contributed by atoms with Gasteiger partial charge < -0.3 is 4.74 Å². The first-order valence-corrected chi connectivity index (χ1v) is 3.53. The second-order valence-electron chi connectivity index (χ2n) is 2.80. The van der Waals surface area contributed by atoms with E-state index in [2.05, 4.69) is 13.5 Å². The van der Waals surface area contributed by atoms with Crippen molar-refractivity contribution in [3.63, 3.8) is 0 Å². The lowest BCUT2D eigenvalue weighted by atomic mass is 9.95. The topological polar surface area (TPSA) is 9.23 Å². The molecular formula is C8H14O. The van der Waals surface area contributed by atoms with Gasteiger partial charge in [-0.25, -0.2) is 0 Å². The summed E-state index contributed by atoms with van der Waals surface area (Å²) in [6.45, 7) is 7.82. The molecule has 1 heterocycles. The van der Waals surface area contributed by atoms with Crippen LogP contribution in [0, 0.1) is 11.8 Å². The number of hydrogen-bond donors (Lipinski definition) is 0. The molecule has 0 aromatic rings. The second kappa shape index (κ2) is 3.02. The lowest BCUT2D eigenvalue weighted by molar-refractivity contribution is 0.182. The van der Waals surface area contributed by atoms with Gasteiger partial charge in [-0.05, 0) is 18.3 Å². The summed E-state index contributed by atoms with van der Waals surface area (Å²) in [5.41, 5.74) is 0. The molecule has 0 aromatic carbocycles. The molecule has 0 spiro atoms. The van der Waals surface area contributed by atoms with Gasteiger partial charge in [0.25, 0.3) is 0 Å². The Hall–Kier alpha value is -0.300. The summed E-state index contributed by atoms with van der Waals surface area (Å²) in [7, 11) is 0. The van der Waals surface area contributed by atoms with Crippen LogP contribution in [0.2, 0.25) is 0 Å². The molecule has 0 unspecified atom stereocenters. The van der Waals surface area contributed by atoms with Gasteiger partial charge in [-0.15, -0.1) is 6.58 Å². The molecule has 2 atom stereocenters. The highest BCUT2D eigenvalue weighted by molar-refractivity contribution is 4.79. The van der Waals surface area contributed by atoms with Crippen LogP contribution in [0.5, 0.6) is 0 Å². The van der Waals surface area contributed by atoms with E-state index >= 15 is 0 Å². The zero-order chi connectivity index (χ0) is 6.69. The van der Waals surface area contributed by atoms with Gasteiger partial charge >= 0.3 is 0 Å². The maximum absolute atomic E-state index is 5.27. The molecule has 0 saturated carbocycles. The number of ether oxygens (including phenoxy) is 1. The third-order valence-corrected chi connectivity index (χ3v) is 1.99. The molecule has 1 saturated heterocycles. The molecule has 0 amide bonds. The predicted molar refractivity (Wildman–Crippen MR) is 38.3 cm³/mol. The Morgan fingerprint density at radius 1 is 1.67 bits per heavy atom. The van der Waals surface area contributed by atoms with Gasteiger partial charge in [0.1, 0.15) is 0 Å². The SMILES string of the molecule is C=CC[C@@H]1COC[C@H]1C. The van der Waals surface area contributed by atoms with E-state index in [0.717, 1.165) is 31.5 Å². The molecule has 1 fully saturated rings. The standard InChI is InChI=1S/C8H14O/c1-3-4-8-6-9-5-7(8)2/h3,7-8H,1,4-6H2,2H3/t7-,8-/m1/s1. The minimum Gasteiger partial charge on any atom is -0.381 e. The molecule has 0 aromatic heterocycles. The van der Waals surface area contributed by atoms with Crippen molar-refractivity contribution in [3.8, 4) is 0 Å². The Morgan fingerprint density at radius 2 is 2.44 bits per heavy atom. The van der Waals surface area contributed by atoms with Crippen LogP contribution in [-0.2, 0) is 4.74 Å². The Labute approximate surface area is 56.7 Å². The van der Waals surface area contributed by atoms with Crippen molar-refractivity contribution in [3.05, 3.63) is 12.7 Å². The van der Waals surface area contributed by atoms with E-state index in [1.54, 1.807) is 0 Å². The summed E-state index contributed by atoms with van der Waals surface area (Å²) < 4.78 is 5.27. The average molecular weight is 126 g/mol. The summed E-state index contributed by atoms with van der Waals surface area (Å²) in [5, 5.41) is 0. The first-order chi connectivity index (χ1) is 4.34.